The first-order chi connectivity index (χ1) is 8.79. The van der Waals surface area contributed by atoms with Gasteiger partial charge in [-0.15, -0.1) is 0 Å². The van der Waals surface area contributed by atoms with E-state index in [1.165, 1.54) is 5.56 Å². The molecule has 0 aromatic carbocycles. The van der Waals surface area contributed by atoms with Crippen LogP contribution < -0.4 is 0 Å². The van der Waals surface area contributed by atoms with Crippen molar-refractivity contribution < 1.29 is 5.11 Å². The summed E-state index contributed by atoms with van der Waals surface area (Å²) in [5, 5.41) is 9.51. The van der Waals surface area contributed by atoms with Crippen molar-refractivity contribution >= 4 is 5.52 Å². The minimum absolute atomic E-state index is 0.0205. The van der Waals surface area contributed by atoms with Crippen molar-refractivity contribution in [3.05, 3.63) is 59.9 Å². The van der Waals surface area contributed by atoms with Crippen LogP contribution in [0, 0.1) is 6.92 Å². The lowest BCUT2D eigenvalue weighted by atomic mass is 10.2. The van der Waals surface area contributed by atoms with Crippen molar-refractivity contribution in [2.24, 2.45) is 0 Å². The van der Waals surface area contributed by atoms with Crippen LogP contribution in [-0.4, -0.2) is 14.5 Å². The summed E-state index contributed by atoms with van der Waals surface area (Å²) in [6, 6.07) is 12.0. The molecular weight excluding hydrogens is 224 g/mol. The molecule has 0 fully saturated rings. The topological polar surface area (TPSA) is 37.5 Å². The summed E-state index contributed by atoms with van der Waals surface area (Å²) in [6.07, 6.45) is 3.79. The van der Waals surface area contributed by atoms with Crippen LogP contribution in [0.1, 0.15) is 11.1 Å². The normalized spacial score (nSPS) is 11.0. The number of hydrogen-bond donors (Lipinski definition) is 1. The maximum atomic E-state index is 9.51. The third kappa shape index (κ3) is 1.69. The number of fused-ring (bicyclic) bond motifs is 1. The molecule has 3 rings (SSSR count). The molecule has 0 unspecified atom stereocenters. The average molecular weight is 238 g/mol. The van der Waals surface area contributed by atoms with Crippen LogP contribution in [0.4, 0.5) is 0 Å². The molecule has 0 aliphatic rings. The van der Waals surface area contributed by atoms with Gasteiger partial charge in [0.2, 0.25) is 0 Å². The van der Waals surface area contributed by atoms with Crippen molar-refractivity contribution in [2.45, 2.75) is 13.5 Å². The van der Waals surface area contributed by atoms with Gasteiger partial charge in [-0.2, -0.15) is 0 Å². The zero-order valence-electron chi connectivity index (χ0n) is 10.2. The van der Waals surface area contributed by atoms with E-state index in [1.54, 1.807) is 6.20 Å². The van der Waals surface area contributed by atoms with Crippen molar-refractivity contribution in [3.8, 4) is 11.4 Å². The van der Waals surface area contributed by atoms with Crippen LogP contribution in [0.3, 0.4) is 0 Å². The van der Waals surface area contributed by atoms with E-state index in [2.05, 4.69) is 28.4 Å². The van der Waals surface area contributed by atoms with E-state index in [0.29, 0.717) is 0 Å². The van der Waals surface area contributed by atoms with E-state index in [1.807, 2.05) is 30.5 Å². The van der Waals surface area contributed by atoms with Gasteiger partial charge in [0.05, 0.1) is 18.0 Å². The molecule has 3 heterocycles. The van der Waals surface area contributed by atoms with Gasteiger partial charge in [0, 0.05) is 23.5 Å². The number of aryl methyl sites for hydroxylation is 1. The smallest absolute Gasteiger partial charge is 0.0873 e. The van der Waals surface area contributed by atoms with Crippen molar-refractivity contribution in [1.29, 1.82) is 0 Å². The first-order valence-corrected chi connectivity index (χ1v) is 5.92. The van der Waals surface area contributed by atoms with Gasteiger partial charge in [-0.3, -0.25) is 4.98 Å². The molecule has 0 amide bonds. The molecule has 0 bridgehead atoms. The number of nitrogens with zero attached hydrogens (tertiary/aromatic N) is 2. The Balaban J connectivity index is 2.33. The number of pyridine rings is 2. The minimum atomic E-state index is 0.0205. The quantitative estimate of drug-likeness (QED) is 0.745. The van der Waals surface area contributed by atoms with Gasteiger partial charge >= 0.3 is 0 Å². The first-order valence-electron chi connectivity index (χ1n) is 5.92. The molecule has 3 aromatic heterocycles. The van der Waals surface area contributed by atoms with Crippen LogP contribution in [0.25, 0.3) is 16.9 Å². The molecule has 0 aliphatic heterocycles. The predicted octanol–water partition coefficient (Wildman–Crippen LogP) is 2.80. The molecule has 0 aliphatic carbocycles. The highest BCUT2D eigenvalue weighted by Crippen LogP contribution is 2.26. The summed E-state index contributed by atoms with van der Waals surface area (Å²) in [5.41, 5.74) is 5.04. The Kier molecular flexibility index (Phi) is 2.61. The van der Waals surface area contributed by atoms with Gasteiger partial charge in [-0.25, -0.2) is 0 Å². The van der Waals surface area contributed by atoms with E-state index >= 15 is 0 Å². The molecular formula is C15H14N2O. The summed E-state index contributed by atoms with van der Waals surface area (Å²) >= 11 is 0. The molecule has 0 atom stereocenters. The second kappa shape index (κ2) is 4.27. The Morgan fingerprint density at radius 3 is 2.83 bits per heavy atom. The maximum absolute atomic E-state index is 9.51. The van der Waals surface area contributed by atoms with Crippen molar-refractivity contribution in [2.75, 3.05) is 0 Å². The van der Waals surface area contributed by atoms with E-state index in [-0.39, 0.29) is 6.61 Å². The molecule has 3 aromatic rings. The Morgan fingerprint density at radius 1 is 1.22 bits per heavy atom. The van der Waals surface area contributed by atoms with E-state index in [0.717, 1.165) is 22.5 Å². The van der Waals surface area contributed by atoms with Gasteiger partial charge in [-0.1, -0.05) is 6.07 Å². The fraction of sp³-hybridized carbons (Fsp3) is 0.133. The molecule has 3 heteroatoms. The lowest BCUT2D eigenvalue weighted by Gasteiger charge is -2.05. The van der Waals surface area contributed by atoms with Gasteiger partial charge in [-0.05, 0) is 42.8 Å². The maximum Gasteiger partial charge on any atom is 0.0873 e. The van der Waals surface area contributed by atoms with Crippen LogP contribution in [0.15, 0.2) is 48.8 Å². The Labute approximate surface area is 105 Å². The first kappa shape index (κ1) is 11.0. The van der Waals surface area contributed by atoms with Crippen LogP contribution in [-0.2, 0) is 6.61 Å². The van der Waals surface area contributed by atoms with Gasteiger partial charge < -0.3 is 9.51 Å². The molecule has 3 nitrogen and oxygen atoms in total. The Hall–Kier alpha value is -2.13. The van der Waals surface area contributed by atoms with Gasteiger partial charge in [0.25, 0.3) is 0 Å². The van der Waals surface area contributed by atoms with Crippen LogP contribution in [0.2, 0.25) is 0 Å². The standard InChI is InChI=1S/C15H14N2O/c1-11-5-7-17-13(8-11)9-12(10-18)15(17)14-4-2-3-6-16-14/h2-9,18H,10H2,1H3. The SMILES string of the molecule is Cc1ccn2c(-c3ccccn3)c(CO)cc2c1. The molecule has 0 saturated heterocycles. The van der Waals surface area contributed by atoms with Crippen molar-refractivity contribution in [3.63, 3.8) is 0 Å². The minimum Gasteiger partial charge on any atom is -0.392 e. The molecule has 90 valence electrons. The van der Waals surface area contributed by atoms with Gasteiger partial charge in [0.1, 0.15) is 0 Å². The van der Waals surface area contributed by atoms with E-state index < -0.39 is 0 Å². The van der Waals surface area contributed by atoms with E-state index in [9.17, 15) is 5.11 Å². The average Bonchev–Trinajstić information content (AvgIpc) is 2.77. The number of aromatic nitrogens is 2. The second-order valence-electron chi connectivity index (χ2n) is 4.39. The number of aliphatic hydroxyl groups excluding tert-OH is 1. The highest BCUT2D eigenvalue weighted by molar-refractivity contribution is 5.69. The van der Waals surface area contributed by atoms with Crippen LogP contribution >= 0.6 is 0 Å². The second-order valence-corrected chi connectivity index (χ2v) is 4.39. The molecule has 1 N–H and O–H groups in total. The molecule has 0 saturated carbocycles. The molecule has 18 heavy (non-hydrogen) atoms. The summed E-state index contributed by atoms with van der Waals surface area (Å²) in [6.45, 7) is 2.08. The number of rotatable bonds is 2. The molecule has 0 radical (unpaired) electrons. The monoisotopic (exact) mass is 238 g/mol. The summed E-state index contributed by atoms with van der Waals surface area (Å²) in [7, 11) is 0. The molecule has 0 spiro atoms. The third-order valence-electron chi connectivity index (χ3n) is 3.09. The Morgan fingerprint density at radius 2 is 2.11 bits per heavy atom. The zero-order valence-corrected chi connectivity index (χ0v) is 10.2. The zero-order chi connectivity index (χ0) is 12.5. The van der Waals surface area contributed by atoms with E-state index in [4.69, 9.17) is 0 Å². The number of hydrogen-bond acceptors (Lipinski definition) is 2. The summed E-state index contributed by atoms with van der Waals surface area (Å²) in [5.74, 6) is 0. The Bertz CT molecular complexity index is 686. The lowest BCUT2D eigenvalue weighted by Crippen LogP contribution is -1.93. The number of aliphatic hydroxyl groups is 1. The highest BCUT2D eigenvalue weighted by Gasteiger charge is 2.12. The predicted molar refractivity (Wildman–Crippen MR) is 71.3 cm³/mol. The summed E-state index contributed by atoms with van der Waals surface area (Å²) in [4.78, 5) is 4.37. The largest absolute Gasteiger partial charge is 0.392 e. The van der Waals surface area contributed by atoms with Crippen LogP contribution in [0.5, 0.6) is 0 Å². The lowest BCUT2D eigenvalue weighted by molar-refractivity contribution is 0.282. The van der Waals surface area contributed by atoms with Gasteiger partial charge in [0.15, 0.2) is 0 Å². The fourth-order valence-corrected chi connectivity index (χ4v) is 2.26. The third-order valence-corrected chi connectivity index (χ3v) is 3.09. The summed E-state index contributed by atoms with van der Waals surface area (Å²) < 4.78 is 2.07. The highest BCUT2D eigenvalue weighted by atomic mass is 16.3. The van der Waals surface area contributed by atoms with Crippen molar-refractivity contribution in [1.82, 2.24) is 9.38 Å². The fourth-order valence-electron chi connectivity index (χ4n) is 2.26.